The summed E-state index contributed by atoms with van der Waals surface area (Å²) in [6.45, 7) is -0.115. The number of hydrogen-bond donors (Lipinski definition) is 4. The Morgan fingerprint density at radius 2 is 1.21 bits per heavy atom. The lowest BCUT2D eigenvalue weighted by Crippen LogP contribution is -2.54. The summed E-state index contributed by atoms with van der Waals surface area (Å²) in [6.07, 6.45) is -5.53. The molecule has 6 atom stereocenters. The maximum Gasteiger partial charge on any atom is 0.184 e. The fourth-order valence-electron chi connectivity index (χ4n) is 3.29. The molecule has 2 aromatic carbocycles. The number of phenolic OH excluding ortho intramolecular Hbond substituents is 2. The van der Waals surface area contributed by atoms with E-state index in [0.717, 1.165) is 0 Å². The average Bonchev–Trinajstić information content (AvgIpc) is 2.72. The average molecular weight is 390 g/mol. The van der Waals surface area contributed by atoms with Crippen LogP contribution >= 0.6 is 0 Å². The number of benzene rings is 2. The zero-order valence-corrected chi connectivity index (χ0v) is 14.9. The van der Waals surface area contributed by atoms with E-state index in [9.17, 15) is 20.4 Å². The van der Waals surface area contributed by atoms with Gasteiger partial charge in [-0.2, -0.15) is 0 Å². The number of ether oxygens (including phenoxy) is 4. The van der Waals surface area contributed by atoms with Gasteiger partial charge in [0.15, 0.2) is 12.6 Å². The Bertz CT molecular complexity index is 778. The maximum absolute atomic E-state index is 10.6. The summed E-state index contributed by atoms with van der Waals surface area (Å²) in [4.78, 5) is 0. The minimum atomic E-state index is -1.11. The van der Waals surface area contributed by atoms with Crippen molar-refractivity contribution in [1.29, 1.82) is 0 Å². The SMILES string of the molecule is Oc1ccc(C2OC[C@@H](O)[C@H]3OC(c4ccc(O)cc4)O[C@@H](CO2)[C@H]3O)cc1. The lowest BCUT2D eigenvalue weighted by molar-refractivity contribution is -0.308. The third-order valence-electron chi connectivity index (χ3n) is 4.84. The topological polar surface area (TPSA) is 118 Å². The Balaban J connectivity index is 1.55. The van der Waals surface area contributed by atoms with Gasteiger partial charge in [-0.25, -0.2) is 0 Å². The molecule has 0 saturated carbocycles. The maximum atomic E-state index is 10.6. The van der Waals surface area contributed by atoms with E-state index in [1.807, 2.05) is 0 Å². The van der Waals surface area contributed by atoms with Crippen molar-refractivity contribution in [2.45, 2.75) is 37.0 Å². The molecule has 28 heavy (non-hydrogen) atoms. The van der Waals surface area contributed by atoms with Gasteiger partial charge in [0.05, 0.1) is 13.2 Å². The van der Waals surface area contributed by atoms with Crippen LogP contribution in [-0.2, 0) is 18.9 Å². The molecule has 2 aliphatic rings. The highest BCUT2D eigenvalue weighted by atomic mass is 16.7. The standard InChI is InChI=1S/C20H22O8/c21-13-5-1-11(2-6-13)19-25-9-15(23)18-17(24)16(10-26-19)27-20(28-18)12-3-7-14(22)8-4-12/h1-8,15-24H,9-10H2/t15-,16+,17-,18-,19?,20?/m1/s1. The number of aromatic hydroxyl groups is 2. The van der Waals surface area contributed by atoms with E-state index in [-0.39, 0.29) is 24.7 Å². The molecule has 2 aromatic rings. The smallest absolute Gasteiger partial charge is 0.184 e. The summed E-state index contributed by atoms with van der Waals surface area (Å²) >= 11 is 0. The van der Waals surface area contributed by atoms with E-state index >= 15 is 0 Å². The van der Waals surface area contributed by atoms with Crippen molar-refractivity contribution in [2.24, 2.45) is 0 Å². The monoisotopic (exact) mass is 390 g/mol. The third-order valence-corrected chi connectivity index (χ3v) is 4.84. The summed E-state index contributed by atoms with van der Waals surface area (Å²) in [7, 11) is 0. The molecule has 0 radical (unpaired) electrons. The fraction of sp³-hybridized carbons (Fsp3) is 0.400. The molecule has 2 aliphatic heterocycles. The van der Waals surface area contributed by atoms with E-state index in [1.165, 1.54) is 24.3 Å². The molecule has 150 valence electrons. The summed E-state index contributed by atoms with van der Waals surface area (Å²) < 4.78 is 23.1. The molecule has 8 heteroatoms. The Hall–Kier alpha value is -2.20. The minimum Gasteiger partial charge on any atom is -0.508 e. The van der Waals surface area contributed by atoms with Gasteiger partial charge in [-0.05, 0) is 24.3 Å². The van der Waals surface area contributed by atoms with Crippen molar-refractivity contribution < 1.29 is 39.4 Å². The zero-order valence-electron chi connectivity index (χ0n) is 14.9. The number of phenols is 2. The highest BCUT2D eigenvalue weighted by Gasteiger charge is 2.44. The van der Waals surface area contributed by atoms with Crippen molar-refractivity contribution >= 4 is 0 Å². The number of hydrogen-bond acceptors (Lipinski definition) is 8. The summed E-state index contributed by atoms with van der Waals surface area (Å²) in [5, 5.41) is 40.0. The Kier molecular flexibility index (Phi) is 5.49. The molecule has 2 heterocycles. The third kappa shape index (κ3) is 3.97. The molecule has 4 N–H and O–H groups in total. The van der Waals surface area contributed by atoms with Crippen molar-refractivity contribution in [2.75, 3.05) is 13.2 Å². The van der Waals surface area contributed by atoms with Gasteiger partial charge < -0.3 is 39.4 Å². The quantitative estimate of drug-likeness (QED) is 0.607. The Morgan fingerprint density at radius 1 is 0.679 bits per heavy atom. The van der Waals surface area contributed by atoms with Crippen LogP contribution in [0.2, 0.25) is 0 Å². The van der Waals surface area contributed by atoms with Gasteiger partial charge >= 0.3 is 0 Å². The second kappa shape index (κ2) is 8.04. The second-order valence-electron chi connectivity index (χ2n) is 6.85. The van der Waals surface area contributed by atoms with Crippen LogP contribution in [0.25, 0.3) is 0 Å². The van der Waals surface area contributed by atoms with E-state index in [4.69, 9.17) is 18.9 Å². The van der Waals surface area contributed by atoms with Crippen LogP contribution in [0, 0.1) is 0 Å². The minimum absolute atomic E-state index is 0.00781. The van der Waals surface area contributed by atoms with E-state index in [1.54, 1.807) is 24.3 Å². The summed E-state index contributed by atoms with van der Waals surface area (Å²) in [5.41, 5.74) is 1.30. The van der Waals surface area contributed by atoms with Crippen LogP contribution in [0.5, 0.6) is 11.5 Å². The van der Waals surface area contributed by atoms with E-state index in [2.05, 4.69) is 0 Å². The lowest BCUT2D eigenvalue weighted by atomic mass is 10.0. The Morgan fingerprint density at radius 3 is 1.82 bits per heavy atom. The van der Waals surface area contributed by atoms with Crippen LogP contribution in [-0.4, -0.2) is 58.1 Å². The molecule has 0 amide bonds. The van der Waals surface area contributed by atoms with Crippen molar-refractivity contribution in [1.82, 2.24) is 0 Å². The highest BCUT2D eigenvalue weighted by Crippen LogP contribution is 2.35. The second-order valence-corrected chi connectivity index (χ2v) is 6.85. The fourth-order valence-corrected chi connectivity index (χ4v) is 3.29. The van der Waals surface area contributed by atoms with Crippen molar-refractivity contribution in [3.8, 4) is 11.5 Å². The zero-order chi connectivity index (χ0) is 19.7. The Labute approximate surface area is 161 Å². The van der Waals surface area contributed by atoms with Gasteiger partial charge in [0.25, 0.3) is 0 Å². The predicted molar refractivity (Wildman–Crippen MR) is 95.4 cm³/mol. The highest BCUT2D eigenvalue weighted by molar-refractivity contribution is 5.27. The first-order chi connectivity index (χ1) is 13.5. The first-order valence-corrected chi connectivity index (χ1v) is 8.99. The molecule has 2 fully saturated rings. The molecule has 0 aromatic heterocycles. The molecule has 8 nitrogen and oxygen atoms in total. The summed E-state index contributed by atoms with van der Waals surface area (Å²) in [5.74, 6) is 0.228. The van der Waals surface area contributed by atoms with Gasteiger partial charge in [-0.1, -0.05) is 24.3 Å². The van der Waals surface area contributed by atoms with Gasteiger partial charge in [0, 0.05) is 11.1 Å². The number of aliphatic hydroxyl groups excluding tert-OH is 2. The molecular formula is C20H22O8. The van der Waals surface area contributed by atoms with Crippen LogP contribution in [0.3, 0.4) is 0 Å². The van der Waals surface area contributed by atoms with Gasteiger partial charge in [-0.15, -0.1) is 0 Å². The van der Waals surface area contributed by atoms with Crippen LogP contribution < -0.4 is 0 Å². The van der Waals surface area contributed by atoms with Crippen molar-refractivity contribution in [3.63, 3.8) is 0 Å². The van der Waals surface area contributed by atoms with Crippen molar-refractivity contribution in [3.05, 3.63) is 59.7 Å². The molecular weight excluding hydrogens is 368 g/mol. The summed E-state index contributed by atoms with van der Waals surface area (Å²) in [6, 6.07) is 12.6. The normalized spacial score (nSPS) is 33.5. The number of rotatable bonds is 2. The molecule has 2 bridgehead atoms. The van der Waals surface area contributed by atoms with E-state index < -0.39 is 37.0 Å². The van der Waals surface area contributed by atoms with Gasteiger partial charge in [-0.3, -0.25) is 0 Å². The number of aliphatic hydroxyl groups is 2. The van der Waals surface area contributed by atoms with Gasteiger partial charge in [0.1, 0.15) is 35.9 Å². The van der Waals surface area contributed by atoms with Crippen LogP contribution in [0.1, 0.15) is 23.7 Å². The largest absolute Gasteiger partial charge is 0.508 e. The first-order valence-electron chi connectivity index (χ1n) is 8.99. The predicted octanol–water partition coefficient (Wildman–Crippen LogP) is 1.35. The molecule has 0 aliphatic carbocycles. The first kappa shape index (κ1) is 19.1. The molecule has 0 spiro atoms. The lowest BCUT2D eigenvalue weighted by Gasteiger charge is -2.40. The van der Waals surface area contributed by atoms with E-state index in [0.29, 0.717) is 11.1 Å². The molecule has 4 rings (SSSR count). The van der Waals surface area contributed by atoms with Gasteiger partial charge in [0.2, 0.25) is 0 Å². The molecule has 2 unspecified atom stereocenters. The van der Waals surface area contributed by atoms with Crippen LogP contribution in [0.4, 0.5) is 0 Å². The molecule has 2 saturated heterocycles. The van der Waals surface area contributed by atoms with Crippen LogP contribution in [0.15, 0.2) is 48.5 Å². The number of fused-ring (bicyclic) bond motifs is 2.